The first kappa shape index (κ1) is 17.7. The zero-order valence-corrected chi connectivity index (χ0v) is 14.7. The monoisotopic (exact) mass is 332 g/mol. The van der Waals surface area contributed by atoms with Gasteiger partial charge in [0.05, 0.1) is 21.3 Å². The first-order valence-corrected chi connectivity index (χ1v) is 7.76. The second-order valence-corrected chi connectivity index (χ2v) is 5.28. The summed E-state index contributed by atoms with van der Waals surface area (Å²) in [5, 5.41) is 6.55. The van der Waals surface area contributed by atoms with Crippen LogP contribution < -0.4 is 24.8 Å². The third kappa shape index (κ3) is 4.18. The first-order chi connectivity index (χ1) is 11.6. The van der Waals surface area contributed by atoms with Gasteiger partial charge in [0.15, 0.2) is 11.5 Å². The number of ether oxygens (including phenoxy) is 3. The molecule has 7 nitrogen and oxygen atoms in total. The Bertz CT molecular complexity index is 654. The SMILES string of the molecule is CCC(C)Nc1cc(Nc2cc(OC)c(OC)c(OC)c2)ncn1. The molecule has 1 atom stereocenters. The van der Waals surface area contributed by atoms with E-state index in [1.807, 2.05) is 18.2 Å². The Morgan fingerprint density at radius 3 is 2.12 bits per heavy atom. The second kappa shape index (κ2) is 8.24. The Labute approximate surface area is 142 Å². The van der Waals surface area contributed by atoms with Crippen LogP contribution in [0.1, 0.15) is 20.3 Å². The lowest BCUT2D eigenvalue weighted by Gasteiger charge is -2.15. The van der Waals surface area contributed by atoms with Crippen molar-refractivity contribution in [2.45, 2.75) is 26.3 Å². The van der Waals surface area contributed by atoms with Gasteiger partial charge in [0.2, 0.25) is 5.75 Å². The number of hydrogen-bond acceptors (Lipinski definition) is 7. The van der Waals surface area contributed by atoms with Crippen LogP contribution >= 0.6 is 0 Å². The summed E-state index contributed by atoms with van der Waals surface area (Å²) in [5.74, 6) is 3.14. The number of rotatable bonds is 8. The molecule has 0 amide bonds. The minimum absolute atomic E-state index is 0.342. The quantitative estimate of drug-likeness (QED) is 0.766. The normalized spacial score (nSPS) is 11.5. The fourth-order valence-corrected chi connectivity index (χ4v) is 2.16. The van der Waals surface area contributed by atoms with Crippen LogP contribution in [-0.2, 0) is 0 Å². The van der Waals surface area contributed by atoms with Crippen molar-refractivity contribution in [3.63, 3.8) is 0 Å². The van der Waals surface area contributed by atoms with Gasteiger partial charge in [-0.3, -0.25) is 0 Å². The highest BCUT2D eigenvalue weighted by molar-refractivity contribution is 5.67. The molecule has 2 aromatic rings. The minimum Gasteiger partial charge on any atom is -0.493 e. The number of anilines is 3. The van der Waals surface area contributed by atoms with E-state index in [0.29, 0.717) is 29.1 Å². The largest absolute Gasteiger partial charge is 0.493 e. The Balaban J connectivity index is 2.26. The van der Waals surface area contributed by atoms with E-state index in [2.05, 4.69) is 34.4 Å². The van der Waals surface area contributed by atoms with Crippen LogP contribution in [0.4, 0.5) is 17.3 Å². The highest BCUT2D eigenvalue weighted by Crippen LogP contribution is 2.40. The molecule has 2 rings (SSSR count). The molecule has 0 saturated carbocycles. The van der Waals surface area contributed by atoms with Crippen molar-refractivity contribution in [3.05, 3.63) is 24.5 Å². The average Bonchev–Trinajstić information content (AvgIpc) is 2.60. The number of nitrogens with zero attached hydrogens (tertiary/aromatic N) is 2. The van der Waals surface area contributed by atoms with E-state index in [4.69, 9.17) is 14.2 Å². The summed E-state index contributed by atoms with van der Waals surface area (Å²) in [5.41, 5.74) is 0.776. The van der Waals surface area contributed by atoms with Crippen molar-refractivity contribution in [1.82, 2.24) is 9.97 Å². The zero-order chi connectivity index (χ0) is 17.5. The third-order valence-corrected chi connectivity index (χ3v) is 3.61. The number of methoxy groups -OCH3 is 3. The zero-order valence-electron chi connectivity index (χ0n) is 14.7. The van der Waals surface area contributed by atoms with Gasteiger partial charge < -0.3 is 24.8 Å². The molecule has 24 heavy (non-hydrogen) atoms. The molecule has 1 unspecified atom stereocenters. The van der Waals surface area contributed by atoms with E-state index < -0.39 is 0 Å². The summed E-state index contributed by atoms with van der Waals surface area (Å²) < 4.78 is 16.0. The fourth-order valence-electron chi connectivity index (χ4n) is 2.16. The van der Waals surface area contributed by atoms with Crippen molar-refractivity contribution in [1.29, 1.82) is 0 Å². The van der Waals surface area contributed by atoms with Crippen LogP contribution in [0.15, 0.2) is 24.5 Å². The summed E-state index contributed by atoms with van der Waals surface area (Å²) in [7, 11) is 4.74. The van der Waals surface area contributed by atoms with Crippen LogP contribution in [-0.4, -0.2) is 37.3 Å². The highest BCUT2D eigenvalue weighted by atomic mass is 16.5. The first-order valence-electron chi connectivity index (χ1n) is 7.76. The van der Waals surface area contributed by atoms with E-state index in [9.17, 15) is 0 Å². The van der Waals surface area contributed by atoms with Crippen molar-refractivity contribution in [2.75, 3.05) is 32.0 Å². The van der Waals surface area contributed by atoms with E-state index in [-0.39, 0.29) is 0 Å². The van der Waals surface area contributed by atoms with Crippen LogP contribution in [0.25, 0.3) is 0 Å². The summed E-state index contributed by atoms with van der Waals surface area (Å²) in [4.78, 5) is 8.48. The third-order valence-electron chi connectivity index (χ3n) is 3.61. The van der Waals surface area contributed by atoms with Gasteiger partial charge in [0.1, 0.15) is 18.0 Å². The van der Waals surface area contributed by atoms with Gasteiger partial charge in [-0.25, -0.2) is 9.97 Å². The number of nitrogens with one attached hydrogen (secondary N) is 2. The Hall–Kier alpha value is -2.70. The standard InChI is InChI=1S/C17H24N4O3/c1-6-11(2)20-15-9-16(19-10-18-15)21-12-7-13(22-3)17(24-5)14(8-12)23-4/h7-11H,6H2,1-5H3,(H2,18,19,20,21). The summed E-state index contributed by atoms with van der Waals surface area (Å²) in [6.07, 6.45) is 2.53. The van der Waals surface area contributed by atoms with Crippen LogP contribution in [0.5, 0.6) is 17.2 Å². The molecule has 1 aromatic heterocycles. The number of benzene rings is 1. The van der Waals surface area contributed by atoms with E-state index in [0.717, 1.165) is 17.9 Å². The Kier molecular flexibility index (Phi) is 6.06. The van der Waals surface area contributed by atoms with Gasteiger partial charge in [-0.1, -0.05) is 6.92 Å². The molecule has 0 aliphatic heterocycles. The van der Waals surface area contributed by atoms with E-state index in [1.165, 1.54) is 6.33 Å². The molecule has 130 valence electrons. The van der Waals surface area contributed by atoms with E-state index in [1.54, 1.807) is 21.3 Å². The lowest BCUT2D eigenvalue weighted by molar-refractivity contribution is 0.324. The number of aromatic nitrogens is 2. The molecule has 1 heterocycles. The van der Waals surface area contributed by atoms with Gasteiger partial charge in [-0.15, -0.1) is 0 Å². The van der Waals surface area contributed by atoms with Gasteiger partial charge in [0, 0.05) is 29.9 Å². The molecule has 0 bridgehead atoms. The topological polar surface area (TPSA) is 77.5 Å². The molecule has 2 N–H and O–H groups in total. The second-order valence-electron chi connectivity index (χ2n) is 5.28. The highest BCUT2D eigenvalue weighted by Gasteiger charge is 2.13. The van der Waals surface area contributed by atoms with Gasteiger partial charge in [0.25, 0.3) is 0 Å². The number of hydrogen-bond donors (Lipinski definition) is 2. The molecule has 7 heteroatoms. The molecule has 0 radical (unpaired) electrons. The Morgan fingerprint density at radius 1 is 0.958 bits per heavy atom. The summed E-state index contributed by atoms with van der Waals surface area (Å²) >= 11 is 0. The maximum absolute atomic E-state index is 5.36. The predicted molar refractivity (Wildman–Crippen MR) is 94.8 cm³/mol. The lowest BCUT2D eigenvalue weighted by Crippen LogP contribution is -2.14. The van der Waals surface area contributed by atoms with Crippen molar-refractivity contribution < 1.29 is 14.2 Å². The van der Waals surface area contributed by atoms with Crippen molar-refractivity contribution >= 4 is 17.3 Å². The maximum atomic E-state index is 5.36. The van der Waals surface area contributed by atoms with Crippen LogP contribution in [0, 0.1) is 0 Å². The van der Waals surface area contributed by atoms with Crippen LogP contribution in [0.3, 0.4) is 0 Å². The molecule has 1 aromatic carbocycles. The molecule has 0 spiro atoms. The van der Waals surface area contributed by atoms with Gasteiger partial charge in [-0.05, 0) is 13.3 Å². The lowest BCUT2D eigenvalue weighted by atomic mass is 10.2. The molecule has 0 aliphatic rings. The van der Waals surface area contributed by atoms with E-state index >= 15 is 0 Å². The minimum atomic E-state index is 0.342. The fraction of sp³-hybridized carbons (Fsp3) is 0.412. The Morgan fingerprint density at radius 2 is 1.58 bits per heavy atom. The molecular weight excluding hydrogens is 308 g/mol. The maximum Gasteiger partial charge on any atom is 0.203 e. The molecular formula is C17H24N4O3. The van der Waals surface area contributed by atoms with Crippen LogP contribution in [0.2, 0.25) is 0 Å². The van der Waals surface area contributed by atoms with Crippen molar-refractivity contribution in [2.24, 2.45) is 0 Å². The molecule has 0 aliphatic carbocycles. The predicted octanol–water partition coefficient (Wildman–Crippen LogP) is 3.46. The van der Waals surface area contributed by atoms with Gasteiger partial charge in [-0.2, -0.15) is 0 Å². The molecule has 0 fully saturated rings. The average molecular weight is 332 g/mol. The summed E-state index contributed by atoms with van der Waals surface area (Å²) in [6, 6.07) is 5.85. The summed E-state index contributed by atoms with van der Waals surface area (Å²) in [6.45, 7) is 4.22. The van der Waals surface area contributed by atoms with Gasteiger partial charge >= 0.3 is 0 Å². The smallest absolute Gasteiger partial charge is 0.203 e. The molecule has 0 saturated heterocycles. The van der Waals surface area contributed by atoms with Crippen molar-refractivity contribution in [3.8, 4) is 17.2 Å².